The van der Waals surface area contributed by atoms with Crippen molar-refractivity contribution >= 4 is 17.3 Å². The zero-order valence-corrected chi connectivity index (χ0v) is 15.3. The molecule has 0 fully saturated rings. The summed E-state index contributed by atoms with van der Waals surface area (Å²) >= 11 is 5.87. The number of hydrogen-bond acceptors (Lipinski definition) is 2. The van der Waals surface area contributed by atoms with Gasteiger partial charge in [-0.25, -0.2) is 13.2 Å². The number of ether oxygens (including phenoxy) is 1. The van der Waals surface area contributed by atoms with Crippen LogP contribution in [0.5, 0.6) is 5.75 Å². The van der Waals surface area contributed by atoms with Crippen molar-refractivity contribution in [2.45, 2.75) is 6.43 Å². The van der Waals surface area contributed by atoms with Gasteiger partial charge >= 0.3 is 0 Å². The third-order valence-electron chi connectivity index (χ3n) is 2.96. The van der Waals surface area contributed by atoms with Crippen LogP contribution in [0.3, 0.4) is 0 Å². The Bertz CT molecular complexity index is 631. The molecule has 0 saturated heterocycles. The van der Waals surface area contributed by atoms with Crippen molar-refractivity contribution in [3.05, 3.63) is 59.0 Å². The van der Waals surface area contributed by atoms with Gasteiger partial charge in [-0.3, -0.25) is 0 Å². The number of alkyl halides is 2. The Hall–Kier alpha value is -0.776. The van der Waals surface area contributed by atoms with Gasteiger partial charge in [0.25, 0.3) is 6.43 Å². The summed E-state index contributed by atoms with van der Waals surface area (Å²) in [6, 6.07) is 4.15. The molecule has 2 nitrogen and oxygen atoms in total. The molecule has 1 aliphatic rings. The summed E-state index contributed by atoms with van der Waals surface area (Å²) in [5, 5.41) is 0.188. The summed E-state index contributed by atoms with van der Waals surface area (Å²) in [6.07, 6.45) is 1.48. The SMILES string of the molecule is C=C1C(Cl)=C[C-]=C(c2ccc(OC)cc2F)N1CC(F)F.[Y]. The zero-order valence-electron chi connectivity index (χ0n) is 11.7. The molecule has 0 aromatic heterocycles. The van der Waals surface area contributed by atoms with Crippen LogP contribution in [0.4, 0.5) is 13.2 Å². The van der Waals surface area contributed by atoms with E-state index in [1.165, 1.54) is 31.4 Å². The average molecular weight is 404 g/mol. The molecule has 22 heavy (non-hydrogen) atoms. The van der Waals surface area contributed by atoms with Crippen molar-refractivity contribution in [3.8, 4) is 5.75 Å². The Morgan fingerprint density at radius 3 is 2.64 bits per heavy atom. The van der Waals surface area contributed by atoms with Gasteiger partial charge in [-0.15, -0.1) is 6.07 Å². The average Bonchev–Trinajstić information content (AvgIpc) is 2.44. The van der Waals surface area contributed by atoms with E-state index >= 15 is 0 Å². The molecule has 1 aromatic carbocycles. The molecule has 0 unspecified atom stereocenters. The first-order chi connectivity index (χ1) is 9.93. The van der Waals surface area contributed by atoms with Crippen LogP contribution < -0.4 is 4.74 Å². The predicted molar refractivity (Wildman–Crippen MR) is 75.4 cm³/mol. The first-order valence-corrected chi connectivity index (χ1v) is 6.40. The Morgan fingerprint density at radius 2 is 2.09 bits per heavy atom. The van der Waals surface area contributed by atoms with Gasteiger partial charge in [-0.1, -0.05) is 17.8 Å². The minimum Gasteiger partial charge on any atom is -0.497 e. The molecule has 0 N–H and O–H groups in total. The molecule has 0 spiro atoms. The Labute approximate surface area is 157 Å². The normalized spacial score (nSPS) is 14.5. The number of halogens is 4. The maximum atomic E-state index is 14.1. The topological polar surface area (TPSA) is 12.5 Å². The summed E-state index contributed by atoms with van der Waals surface area (Å²) in [4.78, 5) is 1.15. The Morgan fingerprint density at radius 1 is 1.41 bits per heavy atom. The summed E-state index contributed by atoms with van der Waals surface area (Å²) in [5.74, 6) is -0.268. The van der Waals surface area contributed by atoms with E-state index in [1.807, 2.05) is 0 Å². The van der Waals surface area contributed by atoms with Crippen molar-refractivity contribution < 1.29 is 50.6 Å². The van der Waals surface area contributed by atoms with Crippen molar-refractivity contribution in [2.75, 3.05) is 13.7 Å². The molecule has 1 aromatic rings. The van der Waals surface area contributed by atoms with Crippen LogP contribution >= 0.6 is 11.6 Å². The maximum absolute atomic E-state index is 14.1. The first kappa shape index (κ1) is 19.3. The quantitative estimate of drug-likeness (QED) is 0.699. The number of methoxy groups -OCH3 is 1. The van der Waals surface area contributed by atoms with E-state index in [4.69, 9.17) is 16.3 Å². The van der Waals surface area contributed by atoms with Crippen LogP contribution in [0.1, 0.15) is 5.56 Å². The summed E-state index contributed by atoms with van der Waals surface area (Å²) < 4.78 is 44.5. The van der Waals surface area contributed by atoms with E-state index in [9.17, 15) is 13.2 Å². The molecular formula is C15H12ClF3NOY-. The fourth-order valence-electron chi connectivity index (χ4n) is 1.93. The molecule has 0 amide bonds. The Kier molecular flexibility index (Phi) is 7.17. The minimum absolute atomic E-state index is 0. The van der Waals surface area contributed by atoms with Crippen molar-refractivity contribution in [3.63, 3.8) is 0 Å². The van der Waals surface area contributed by atoms with Crippen LogP contribution in [-0.2, 0) is 32.7 Å². The van der Waals surface area contributed by atoms with Crippen molar-refractivity contribution in [1.29, 1.82) is 0 Å². The van der Waals surface area contributed by atoms with Crippen LogP contribution in [0.2, 0.25) is 0 Å². The van der Waals surface area contributed by atoms with Gasteiger partial charge < -0.3 is 9.64 Å². The fraction of sp³-hybridized carbons (Fsp3) is 0.200. The second-order valence-corrected chi connectivity index (χ2v) is 4.69. The molecular weight excluding hydrogens is 392 g/mol. The molecule has 2 rings (SSSR count). The second kappa shape index (κ2) is 8.18. The van der Waals surface area contributed by atoms with Gasteiger partial charge in [-0.2, -0.15) is 23.8 Å². The largest absolute Gasteiger partial charge is 0.497 e. The van der Waals surface area contributed by atoms with Gasteiger partial charge in [0.15, 0.2) is 0 Å². The van der Waals surface area contributed by atoms with Crippen molar-refractivity contribution in [1.82, 2.24) is 4.90 Å². The van der Waals surface area contributed by atoms with Gasteiger partial charge in [0.2, 0.25) is 0 Å². The molecule has 1 aliphatic heterocycles. The molecule has 115 valence electrons. The smallest absolute Gasteiger partial charge is 0.256 e. The number of nitrogens with zero attached hydrogens (tertiary/aromatic N) is 1. The Balaban J connectivity index is 0.00000242. The van der Waals surface area contributed by atoms with Crippen LogP contribution in [0.25, 0.3) is 5.70 Å². The third-order valence-corrected chi connectivity index (χ3v) is 3.29. The standard InChI is InChI=1S/C15H12ClF3NO.Y/c1-9-12(16)5-6-14(20(9)8-15(18)19)11-4-3-10(21-2)7-13(11)17;/h3-5,7,15H,1,8H2,2H3;/q-1;. The summed E-state index contributed by atoms with van der Waals surface area (Å²) in [7, 11) is 1.41. The molecule has 7 heteroatoms. The van der Waals surface area contributed by atoms with Gasteiger partial charge in [0.1, 0.15) is 5.75 Å². The minimum atomic E-state index is -2.62. The number of benzene rings is 1. The third kappa shape index (κ3) is 4.15. The molecule has 1 heterocycles. The van der Waals surface area contributed by atoms with E-state index in [1.54, 1.807) is 0 Å². The van der Waals surface area contributed by atoms with E-state index in [2.05, 4.69) is 12.7 Å². The number of hydrogen-bond donors (Lipinski definition) is 0. The second-order valence-electron chi connectivity index (χ2n) is 4.28. The predicted octanol–water partition coefficient (Wildman–Crippen LogP) is 4.19. The number of allylic oxidation sites excluding steroid dienone is 3. The van der Waals surface area contributed by atoms with Gasteiger partial charge in [0, 0.05) is 38.8 Å². The van der Waals surface area contributed by atoms with Crippen LogP contribution in [0, 0.1) is 11.9 Å². The van der Waals surface area contributed by atoms with Crippen LogP contribution in [-0.4, -0.2) is 25.0 Å². The molecule has 0 atom stereocenters. The molecule has 0 aliphatic carbocycles. The molecule has 0 bridgehead atoms. The van der Waals surface area contributed by atoms with Gasteiger partial charge in [0.05, 0.1) is 19.5 Å². The van der Waals surface area contributed by atoms with E-state index in [-0.39, 0.29) is 54.7 Å². The van der Waals surface area contributed by atoms with Gasteiger partial charge in [-0.05, 0) is 16.8 Å². The zero-order chi connectivity index (χ0) is 15.6. The van der Waals surface area contributed by atoms with E-state index < -0.39 is 18.8 Å². The fourth-order valence-corrected chi connectivity index (χ4v) is 2.09. The van der Waals surface area contributed by atoms with E-state index in [0.717, 1.165) is 4.90 Å². The first-order valence-electron chi connectivity index (χ1n) is 6.02. The number of rotatable bonds is 4. The summed E-state index contributed by atoms with van der Waals surface area (Å²) in [6.45, 7) is 3.01. The maximum Gasteiger partial charge on any atom is 0.256 e. The monoisotopic (exact) mass is 403 g/mol. The van der Waals surface area contributed by atoms with E-state index in [0.29, 0.717) is 5.75 Å². The van der Waals surface area contributed by atoms with Crippen LogP contribution in [0.15, 0.2) is 41.6 Å². The van der Waals surface area contributed by atoms with Crippen molar-refractivity contribution in [2.24, 2.45) is 0 Å². The molecule has 0 saturated carbocycles. The molecule has 1 radical (unpaired) electrons. The summed E-state index contributed by atoms with van der Waals surface area (Å²) in [5.41, 5.74) is 0.462.